The number of anilines is 1. The first-order valence-corrected chi connectivity index (χ1v) is 4.03. The summed E-state index contributed by atoms with van der Waals surface area (Å²) in [6, 6.07) is 3.32. The van der Waals surface area contributed by atoms with E-state index in [1.807, 2.05) is 0 Å². The molecule has 3 nitrogen and oxygen atoms in total. The summed E-state index contributed by atoms with van der Waals surface area (Å²) in [6.45, 7) is -0.243. The minimum atomic E-state index is -4.49. The zero-order valence-electron chi connectivity index (χ0n) is 7.97. The molecule has 0 aliphatic rings. The third kappa shape index (κ3) is 3.02. The van der Waals surface area contributed by atoms with Crippen molar-refractivity contribution in [3.8, 4) is 5.75 Å². The number of benzene rings is 1. The maximum atomic E-state index is 12.5. The van der Waals surface area contributed by atoms with Crippen LogP contribution in [0, 0.1) is 0 Å². The molecule has 0 aliphatic heterocycles. The second-order valence-electron chi connectivity index (χ2n) is 2.80. The summed E-state index contributed by atoms with van der Waals surface area (Å²) in [6.07, 6.45) is -4.49. The number of halogens is 3. The van der Waals surface area contributed by atoms with E-state index in [4.69, 9.17) is 10.5 Å². The molecule has 1 aromatic rings. The maximum Gasteiger partial charge on any atom is 0.420 e. The highest BCUT2D eigenvalue weighted by Crippen LogP contribution is 2.37. The van der Waals surface area contributed by atoms with E-state index < -0.39 is 11.7 Å². The lowest BCUT2D eigenvalue weighted by molar-refractivity contribution is -0.139. The summed E-state index contributed by atoms with van der Waals surface area (Å²) in [7, 11) is 1.32. The van der Waals surface area contributed by atoms with Crippen LogP contribution < -0.4 is 10.5 Å². The van der Waals surface area contributed by atoms with Gasteiger partial charge in [0, 0.05) is 12.8 Å². The number of nitrogens with two attached hydrogens (primary N) is 1. The lowest BCUT2D eigenvalue weighted by Gasteiger charge is -2.13. The van der Waals surface area contributed by atoms with Gasteiger partial charge in [0.25, 0.3) is 0 Å². The van der Waals surface area contributed by atoms with E-state index in [-0.39, 0.29) is 18.2 Å². The number of rotatable bonds is 3. The molecule has 15 heavy (non-hydrogen) atoms. The maximum absolute atomic E-state index is 12.5. The molecule has 0 fully saturated rings. The van der Waals surface area contributed by atoms with Gasteiger partial charge >= 0.3 is 6.18 Å². The van der Waals surface area contributed by atoms with Gasteiger partial charge in [0.15, 0.2) is 6.79 Å². The summed E-state index contributed by atoms with van der Waals surface area (Å²) in [5.41, 5.74) is 4.40. The Labute approximate surface area is 84.6 Å². The summed E-state index contributed by atoms with van der Waals surface area (Å²) in [5.74, 6) is -0.293. The SMILES string of the molecule is COCOc1ccc(N)cc1C(F)(F)F. The van der Waals surface area contributed by atoms with Crippen LogP contribution in [0.15, 0.2) is 18.2 Å². The highest BCUT2D eigenvalue weighted by Gasteiger charge is 2.34. The van der Waals surface area contributed by atoms with Crippen LogP contribution >= 0.6 is 0 Å². The van der Waals surface area contributed by atoms with Gasteiger partial charge in [-0.2, -0.15) is 13.2 Å². The van der Waals surface area contributed by atoms with Crippen LogP contribution in [-0.4, -0.2) is 13.9 Å². The van der Waals surface area contributed by atoms with Gasteiger partial charge in [-0.15, -0.1) is 0 Å². The molecule has 2 N–H and O–H groups in total. The number of alkyl halides is 3. The fourth-order valence-corrected chi connectivity index (χ4v) is 1.02. The molecule has 0 radical (unpaired) electrons. The summed E-state index contributed by atoms with van der Waals surface area (Å²) >= 11 is 0. The van der Waals surface area contributed by atoms with Crippen molar-refractivity contribution in [1.82, 2.24) is 0 Å². The molecule has 0 aliphatic carbocycles. The van der Waals surface area contributed by atoms with Crippen LogP contribution in [-0.2, 0) is 10.9 Å². The van der Waals surface area contributed by atoms with Gasteiger partial charge in [-0.3, -0.25) is 0 Å². The van der Waals surface area contributed by atoms with Crippen molar-refractivity contribution in [1.29, 1.82) is 0 Å². The molecule has 0 heterocycles. The molecule has 1 rings (SSSR count). The molecule has 6 heteroatoms. The summed E-state index contributed by atoms with van der Waals surface area (Å²) in [5, 5.41) is 0. The predicted octanol–water partition coefficient (Wildman–Crippen LogP) is 2.27. The Morgan fingerprint density at radius 3 is 2.53 bits per heavy atom. The molecule has 0 saturated heterocycles. The first-order valence-electron chi connectivity index (χ1n) is 4.03. The molecule has 0 unspecified atom stereocenters. The van der Waals surface area contributed by atoms with Crippen molar-refractivity contribution in [3.05, 3.63) is 23.8 Å². The Hall–Kier alpha value is -1.43. The molecule has 0 amide bonds. The molecular formula is C9H10F3NO2. The van der Waals surface area contributed by atoms with Crippen molar-refractivity contribution >= 4 is 5.69 Å². The number of methoxy groups -OCH3 is 1. The van der Waals surface area contributed by atoms with E-state index in [0.29, 0.717) is 0 Å². The molecule has 0 saturated carbocycles. The lowest BCUT2D eigenvalue weighted by Crippen LogP contribution is -2.10. The minimum absolute atomic E-state index is 0.0343. The van der Waals surface area contributed by atoms with Crippen LogP contribution in [0.2, 0.25) is 0 Å². The van der Waals surface area contributed by atoms with Gasteiger partial charge in [0.2, 0.25) is 0 Å². The normalized spacial score (nSPS) is 11.5. The van der Waals surface area contributed by atoms with Crippen LogP contribution in [0.1, 0.15) is 5.56 Å². The Morgan fingerprint density at radius 1 is 1.33 bits per heavy atom. The van der Waals surface area contributed by atoms with E-state index in [9.17, 15) is 13.2 Å². The third-order valence-corrected chi connectivity index (χ3v) is 1.64. The van der Waals surface area contributed by atoms with Gasteiger partial charge < -0.3 is 15.2 Å². The predicted molar refractivity (Wildman–Crippen MR) is 48.4 cm³/mol. The molecule has 0 spiro atoms. The van der Waals surface area contributed by atoms with Gasteiger partial charge in [0.05, 0.1) is 5.56 Å². The molecule has 0 bridgehead atoms. The fourth-order valence-electron chi connectivity index (χ4n) is 1.02. The summed E-state index contributed by atoms with van der Waals surface area (Å²) in [4.78, 5) is 0. The second-order valence-corrected chi connectivity index (χ2v) is 2.80. The Morgan fingerprint density at radius 2 is 2.00 bits per heavy atom. The van der Waals surface area contributed by atoms with Crippen LogP contribution in [0.4, 0.5) is 18.9 Å². The van der Waals surface area contributed by atoms with Crippen LogP contribution in [0.25, 0.3) is 0 Å². The largest absolute Gasteiger partial charge is 0.467 e. The Kier molecular flexibility index (Phi) is 3.41. The highest BCUT2D eigenvalue weighted by molar-refractivity contribution is 5.49. The molecular weight excluding hydrogens is 211 g/mol. The number of hydrogen-bond donors (Lipinski definition) is 1. The minimum Gasteiger partial charge on any atom is -0.467 e. The number of ether oxygens (including phenoxy) is 2. The van der Waals surface area contributed by atoms with Gasteiger partial charge in [-0.25, -0.2) is 0 Å². The summed E-state index contributed by atoms with van der Waals surface area (Å²) < 4.78 is 46.7. The Bertz CT molecular complexity index is 339. The smallest absolute Gasteiger partial charge is 0.420 e. The van der Waals surface area contributed by atoms with E-state index in [1.165, 1.54) is 13.2 Å². The highest BCUT2D eigenvalue weighted by atomic mass is 19.4. The van der Waals surface area contributed by atoms with Crippen molar-refractivity contribution in [3.63, 3.8) is 0 Å². The van der Waals surface area contributed by atoms with Crippen molar-refractivity contribution < 1.29 is 22.6 Å². The lowest BCUT2D eigenvalue weighted by atomic mass is 10.1. The quantitative estimate of drug-likeness (QED) is 0.629. The zero-order valence-corrected chi connectivity index (χ0v) is 7.97. The number of hydrogen-bond acceptors (Lipinski definition) is 3. The molecule has 1 aromatic carbocycles. The standard InChI is InChI=1S/C9H10F3NO2/c1-14-5-15-8-3-2-6(13)4-7(8)9(10,11)12/h2-4H,5,13H2,1H3. The molecule has 0 atom stereocenters. The van der Waals surface area contributed by atoms with Gasteiger partial charge in [-0.05, 0) is 18.2 Å². The first-order chi connectivity index (χ1) is 6.95. The van der Waals surface area contributed by atoms with Crippen molar-refractivity contribution in [2.75, 3.05) is 19.6 Å². The third-order valence-electron chi connectivity index (χ3n) is 1.64. The van der Waals surface area contributed by atoms with Crippen molar-refractivity contribution in [2.45, 2.75) is 6.18 Å². The van der Waals surface area contributed by atoms with Crippen LogP contribution in [0.3, 0.4) is 0 Å². The molecule has 84 valence electrons. The van der Waals surface area contributed by atoms with E-state index in [1.54, 1.807) is 0 Å². The second kappa shape index (κ2) is 4.39. The van der Waals surface area contributed by atoms with E-state index >= 15 is 0 Å². The first kappa shape index (κ1) is 11.6. The van der Waals surface area contributed by atoms with Gasteiger partial charge in [-0.1, -0.05) is 0 Å². The topological polar surface area (TPSA) is 44.5 Å². The van der Waals surface area contributed by atoms with Crippen molar-refractivity contribution in [2.24, 2.45) is 0 Å². The fraction of sp³-hybridized carbons (Fsp3) is 0.333. The Balaban J connectivity index is 3.04. The van der Waals surface area contributed by atoms with Gasteiger partial charge in [0.1, 0.15) is 5.75 Å². The van der Waals surface area contributed by atoms with Crippen LogP contribution in [0.5, 0.6) is 5.75 Å². The van der Waals surface area contributed by atoms with E-state index in [2.05, 4.69) is 4.74 Å². The zero-order chi connectivity index (χ0) is 11.5. The monoisotopic (exact) mass is 221 g/mol. The molecule has 0 aromatic heterocycles. The van der Waals surface area contributed by atoms with E-state index in [0.717, 1.165) is 12.1 Å². The average molecular weight is 221 g/mol. The number of nitrogen functional groups attached to an aromatic ring is 1. The average Bonchev–Trinajstić information content (AvgIpc) is 2.14.